The number of methoxy groups -OCH3 is 1. The Balaban J connectivity index is 1.37. The van der Waals surface area contributed by atoms with Crippen molar-refractivity contribution in [2.45, 2.75) is 49.9 Å². The fourth-order valence-electron chi connectivity index (χ4n) is 9.01. The summed E-state index contributed by atoms with van der Waals surface area (Å²) in [5, 5.41) is 20.4. The standard InChI is InChI=1S/C39H37ClN2O8/c1-50-31-17-14-22(19-30(31)43)34-26-15-16-27-33(37(48)41(35(27)46)18-7-3-6-13-32(44)45)28(26)21-29-36(47)42(25-12-8-11-24(40)20-25)38(49)39(29,34)23-9-4-2-5-10-23/h2,4-5,8-12,14-15,17,19-20,27-29,33-34,43H,3,6-7,13,16,18,21H2,1H3,(H,44,45). The number of imide groups is 2. The molecule has 2 aliphatic carbocycles. The Morgan fingerprint density at radius 2 is 1.70 bits per heavy atom. The minimum absolute atomic E-state index is 0.0221. The summed E-state index contributed by atoms with van der Waals surface area (Å²) in [6.07, 6.45) is 3.94. The van der Waals surface area contributed by atoms with Crippen molar-refractivity contribution in [2.24, 2.45) is 23.7 Å². The Kier molecular flexibility index (Phi) is 8.76. The number of ether oxygens (including phenoxy) is 1. The Labute approximate surface area is 294 Å². The Morgan fingerprint density at radius 3 is 2.40 bits per heavy atom. The van der Waals surface area contributed by atoms with Crippen molar-refractivity contribution in [1.82, 2.24) is 4.90 Å². The van der Waals surface area contributed by atoms with Crippen molar-refractivity contribution < 1.29 is 38.9 Å². The van der Waals surface area contributed by atoms with Crippen molar-refractivity contribution in [2.75, 3.05) is 18.6 Å². The third-order valence-electron chi connectivity index (χ3n) is 11.1. The van der Waals surface area contributed by atoms with E-state index in [1.165, 1.54) is 16.9 Å². The van der Waals surface area contributed by atoms with E-state index in [0.29, 0.717) is 41.1 Å². The minimum atomic E-state index is -1.45. The highest BCUT2D eigenvalue weighted by Crippen LogP contribution is 2.64. The number of halogens is 1. The SMILES string of the molecule is COc1ccc(C2C3=CCC4C(=O)N(CCCCCC(=O)O)C(=O)C4C3CC3C(=O)N(c4cccc(Cl)c4)C(=O)C32c2ccccc2)cc1O. The van der Waals surface area contributed by atoms with E-state index in [4.69, 9.17) is 21.4 Å². The molecule has 6 unspecified atom stereocenters. The predicted octanol–water partition coefficient (Wildman–Crippen LogP) is 5.86. The molecule has 2 N–H and O–H groups in total. The van der Waals surface area contributed by atoms with Crippen LogP contribution in [-0.4, -0.2) is 58.4 Å². The largest absolute Gasteiger partial charge is 0.504 e. The molecular weight excluding hydrogens is 660 g/mol. The number of benzene rings is 3. The number of aliphatic carboxylic acids is 1. The number of aromatic hydroxyl groups is 1. The van der Waals surface area contributed by atoms with Crippen LogP contribution in [0.4, 0.5) is 5.69 Å². The van der Waals surface area contributed by atoms with Gasteiger partial charge in [-0.15, -0.1) is 0 Å². The number of fused-ring (bicyclic) bond motifs is 4. The molecule has 258 valence electrons. The van der Waals surface area contributed by atoms with Gasteiger partial charge < -0.3 is 14.9 Å². The van der Waals surface area contributed by atoms with Crippen LogP contribution in [-0.2, 0) is 29.4 Å². The van der Waals surface area contributed by atoms with Crippen LogP contribution in [0.25, 0.3) is 0 Å². The Bertz CT molecular complexity index is 1930. The van der Waals surface area contributed by atoms with E-state index in [-0.39, 0.29) is 49.1 Å². The van der Waals surface area contributed by atoms with Crippen LogP contribution in [0.15, 0.2) is 84.4 Å². The van der Waals surface area contributed by atoms with Gasteiger partial charge in [0.1, 0.15) is 0 Å². The number of allylic oxidation sites excluding steroid dienone is 2. The number of phenols is 1. The van der Waals surface area contributed by atoms with Crippen LogP contribution in [0.1, 0.15) is 55.6 Å². The summed E-state index contributed by atoms with van der Waals surface area (Å²) in [6, 6.07) is 20.8. The highest BCUT2D eigenvalue weighted by molar-refractivity contribution is 6.32. The normalized spacial score (nSPS) is 27.2. The van der Waals surface area contributed by atoms with Crippen molar-refractivity contribution in [1.29, 1.82) is 0 Å². The number of unbranched alkanes of at least 4 members (excludes halogenated alkanes) is 2. The number of carbonyl (C=O) groups is 5. The van der Waals surface area contributed by atoms with Crippen LogP contribution in [0.5, 0.6) is 11.5 Å². The van der Waals surface area contributed by atoms with Gasteiger partial charge in [-0.3, -0.25) is 28.9 Å². The lowest BCUT2D eigenvalue weighted by Gasteiger charge is -2.50. The molecular formula is C39H37ClN2O8. The molecule has 0 radical (unpaired) electrons. The van der Waals surface area contributed by atoms with Gasteiger partial charge in [-0.25, -0.2) is 4.90 Å². The van der Waals surface area contributed by atoms with Crippen molar-refractivity contribution in [3.05, 3.63) is 101 Å². The number of carbonyl (C=O) groups excluding carboxylic acids is 4. The average molecular weight is 697 g/mol. The van der Waals surface area contributed by atoms with E-state index >= 15 is 4.79 Å². The van der Waals surface area contributed by atoms with Crippen molar-refractivity contribution in [3.63, 3.8) is 0 Å². The van der Waals surface area contributed by atoms with E-state index in [0.717, 1.165) is 5.57 Å². The van der Waals surface area contributed by atoms with Crippen LogP contribution in [0.3, 0.4) is 0 Å². The van der Waals surface area contributed by atoms with E-state index in [2.05, 4.69) is 0 Å². The van der Waals surface area contributed by atoms with Gasteiger partial charge in [0.05, 0.1) is 36.0 Å². The molecule has 0 aromatic heterocycles. The molecule has 50 heavy (non-hydrogen) atoms. The molecule has 0 bridgehead atoms. The molecule has 4 aliphatic rings. The first kappa shape index (κ1) is 33.5. The van der Waals surface area contributed by atoms with Gasteiger partial charge in [0, 0.05) is 23.9 Å². The second kappa shape index (κ2) is 13.1. The summed E-state index contributed by atoms with van der Waals surface area (Å²) in [6.45, 7) is 0.194. The van der Waals surface area contributed by atoms with Crippen LogP contribution >= 0.6 is 11.6 Å². The first-order valence-electron chi connectivity index (χ1n) is 16.9. The van der Waals surface area contributed by atoms with Crippen molar-refractivity contribution in [3.8, 4) is 11.5 Å². The molecule has 2 heterocycles. The van der Waals surface area contributed by atoms with Gasteiger partial charge >= 0.3 is 5.97 Å². The lowest BCUT2D eigenvalue weighted by molar-refractivity contribution is -0.141. The number of carboxylic acid groups (broad SMARTS) is 1. The maximum absolute atomic E-state index is 15.2. The zero-order valence-electron chi connectivity index (χ0n) is 27.5. The maximum atomic E-state index is 15.2. The number of anilines is 1. The second-order valence-electron chi connectivity index (χ2n) is 13.6. The topological polar surface area (TPSA) is 142 Å². The predicted molar refractivity (Wildman–Crippen MR) is 184 cm³/mol. The first-order valence-corrected chi connectivity index (χ1v) is 17.3. The van der Waals surface area contributed by atoms with Gasteiger partial charge in [-0.05, 0) is 73.1 Å². The zero-order valence-corrected chi connectivity index (χ0v) is 28.2. The van der Waals surface area contributed by atoms with Gasteiger partial charge in [-0.2, -0.15) is 0 Å². The molecule has 3 aromatic rings. The summed E-state index contributed by atoms with van der Waals surface area (Å²) in [5.74, 6) is -5.76. The van der Waals surface area contributed by atoms with E-state index in [1.807, 2.05) is 36.4 Å². The molecule has 3 fully saturated rings. The monoisotopic (exact) mass is 696 g/mol. The molecule has 0 spiro atoms. The third-order valence-corrected chi connectivity index (χ3v) is 11.3. The zero-order chi connectivity index (χ0) is 35.3. The summed E-state index contributed by atoms with van der Waals surface area (Å²) in [7, 11) is 1.44. The van der Waals surface area contributed by atoms with Gasteiger partial charge in [0.15, 0.2) is 11.5 Å². The molecule has 7 rings (SSSR count). The number of carboxylic acids is 1. The molecule has 2 aliphatic heterocycles. The fourth-order valence-corrected chi connectivity index (χ4v) is 9.20. The number of hydrogen-bond donors (Lipinski definition) is 2. The molecule has 1 saturated carbocycles. The number of rotatable bonds is 10. The second-order valence-corrected chi connectivity index (χ2v) is 14.0. The average Bonchev–Trinajstić information content (AvgIpc) is 3.48. The maximum Gasteiger partial charge on any atom is 0.303 e. The van der Waals surface area contributed by atoms with E-state index in [1.54, 1.807) is 42.5 Å². The van der Waals surface area contributed by atoms with Gasteiger partial charge in [0.2, 0.25) is 23.6 Å². The lowest BCUT2D eigenvalue weighted by Crippen LogP contribution is -2.53. The highest BCUT2D eigenvalue weighted by atomic mass is 35.5. The van der Waals surface area contributed by atoms with Crippen LogP contribution in [0.2, 0.25) is 5.02 Å². The summed E-state index contributed by atoms with van der Waals surface area (Å²) < 4.78 is 5.35. The van der Waals surface area contributed by atoms with Gasteiger partial charge in [0.25, 0.3) is 0 Å². The number of hydrogen-bond acceptors (Lipinski definition) is 7. The van der Waals surface area contributed by atoms with Crippen LogP contribution < -0.4 is 9.64 Å². The molecule has 3 aromatic carbocycles. The Hall–Kier alpha value is -4.96. The lowest BCUT2D eigenvalue weighted by atomic mass is 9.49. The van der Waals surface area contributed by atoms with Crippen LogP contribution in [0, 0.1) is 23.7 Å². The quantitative estimate of drug-likeness (QED) is 0.153. The Morgan fingerprint density at radius 1 is 0.920 bits per heavy atom. The summed E-state index contributed by atoms with van der Waals surface area (Å²) in [5.41, 5.74) is 0.880. The first-order chi connectivity index (χ1) is 24.1. The number of likely N-dealkylation sites (tertiary alicyclic amines) is 1. The number of amides is 4. The van der Waals surface area contributed by atoms with E-state index < -0.39 is 52.8 Å². The third kappa shape index (κ3) is 5.19. The molecule has 11 heteroatoms. The summed E-state index contributed by atoms with van der Waals surface area (Å²) >= 11 is 6.37. The molecule has 10 nitrogen and oxygen atoms in total. The molecule has 6 atom stereocenters. The fraction of sp³-hybridized carbons (Fsp3) is 0.359. The highest BCUT2D eigenvalue weighted by Gasteiger charge is 2.70. The van der Waals surface area contributed by atoms with Gasteiger partial charge in [-0.1, -0.05) is 72.1 Å². The number of nitrogens with zero attached hydrogens (tertiary/aromatic N) is 2. The van der Waals surface area contributed by atoms with E-state index in [9.17, 15) is 24.3 Å². The number of phenolic OH excluding ortho intramolecular Hbond substituents is 1. The van der Waals surface area contributed by atoms with Crippen molar-refractivity contribution >= 4 is 46.9 Å². The molecule has 2 saturated heterocycles. The smallest absolute Gasteiger partial charge is 0.303 e. The summed E-state index contributed by atoms with van der Waals surface area (Å²) in [4.78, 5) is 71.5. The molecule has 4 amide bonds. The minimum Gasteiger partial charge on any atom is -0.504 e.